The van der Waals surface area contributed by atoms with Crippen molar-refractivity contribution < 1.29 is 4.79 Å². The first-order chi connectivity index (χ1) is 11.1. The summed E-state index contributed by atoms with van der Waals surface area (Å²) in [4.78, 5) is 16.9. The van der Waals surface area contributed by atoms with Crippen LogP contribution in [0.15, 0.2) is 53.0 Å². The van der Waals surface area contributed by atoms with Crippen LogP contribution in [0.2, 0.25) is 5.02 Å². The number of piperazine rings is 1. The predicted molar refractivity (Wildman–Crippen MR) is 98.6 cm³/mol. The van der Waals surface area contributed by atoms with Crippen LogP contribution in [0, 0.1) is 0 Å². The zero-order valence-corrected chi connectivity index (χ0v) is 15.1. The first-order valence-corrected chi connectivity index (χ1v) is 8.80. The van der Waals surface area contributed by atoms with Gasteiger partial charge in [0.15, 0.2) is 5.78 Å². The fraction of sp³-hybridized carbons (Fsp3) is 0.278. The van der Waals surface area contributed by atoms with Crippen LogP contribution in [0.3, 0.4) is 0 Å². The molecule has 23 heavy (non-hydrogen) atoms. The smallest absolute Gasteiger partial charge is 0.176 e. The number of hydrogen-bond acceptors (Lipinski definition) is 3. The molecule has 0 N–H and O–H groups in total. The maximum atomic E-state index is 12.3. The highest BCUT2D eigenvalue weighted by molar-refractivity contribution is 9.10. The van der Waals surface area contributed by atoms with Crippen LogP contribution < -0.4 is 4.90 Å². The monoisotopic (exact) mass is 392 g/mol. The summed E-state index contributed by atoms with van der Waals surface area (Å²) in [6.07, 6.45) is 0. The second-order valence-corrected chi connectivity index (χ2v) is 7.02. The maximum Gasteiger partial charge on any atom is 0.176 e. The summed E-state index contributed by atoms with van der Waals surface area (Å²) in [7, 11) is 0. The Morgan fingerprint density at radius 2 is 1.57 bits per heavy atom. The van der Waals surface area contributed by atoms with Crippen molar-refractivity contribution in [2.45, 2.75) is 0 Å². The van der Waals surface area contributed by atoms with Gasteiger partial charge in [0, 0.05) is 46.9 Å². The fourth-order valence-electron chi connectivity index (χ4n) is 2.75. The zero-order chi connectivity index (χ0) is 16.2. The van der Waals surface area contributed by atoms with Crippen molar-refractivity contribution in [3.05, 3.63) is 63.6 Å². The third-order valence-corrected chi connectivity index (χ3v) is 4.88. The lowest BCUT2D eigenvalue weighted by Gasteiger charge is -2.35. The summed E-state index contributed by atoms with van der Waals surface area (Å²) in [5.74, 6) is 0.178. The van der Waals surface area contributed by atoms with Crippen LogP contribution in [-0.2, 0) is 0 Å². The van der Waals surface area contributed by atoms with Crippen LogP contribution >= 0.6 is 27.5 Å². The molecule has 3 nitrogen and oxygen atoms in total. The number of anilines is 1. The normalized spacial score (nSPS) is 15.7. The number of carbonyl (C=O) groups is 1. The van der Waals surface area contributed by atoms with E-state index in [0.717, 1.165) is 41.2 Å². The number of Topliss-reactive ketones (excluding diaryl/α,β-unsaturated/α-hetero) is 1. The quantitative estimate of drug-likeness (QED) is 0.731. The number of halogens is 2. The molecule has 0 saturated carbocycles. The average molecular weight is 394 g/mol. The van der Waals surface area contributed by atoms with E-state index in [1.54, 1.807) is 0 Å². The van der Waals surface area contributed by atoms with Crippen molar-refractivity contribution >= 4 is 39.0 Å². The molecule has 1 aliphatic rings. The van der Waals surface area contributed by atoms with E-state index in [1.165, 1.54) is 5.69 Å². The van der Waals surface area contributed by atoms with Crippen molar-refractivity contribution in [1.29, 1.82) is 0 Å². The van der Waals surface area contributed by atoms with Crippen molar-refractivity contribution in [2.24, 2.45) is 0 Å². The molecule has 0 amide bonds. The van der Waals surface area contributed by atoms with Crippen molar-refractivity contribution in [3.8, 4) is 0 Å². The van der Waals surface area contributed by atoms with E-state index in [0.29, 0.717) is 6.54 Å². The summed E-state index contributed by atoms with van der Waals surface area (Å²) in [6.45, 7) is 4.12. The molecule has 2 aromatic carbocycles. The van der Waals surface area contributed by atoms with E-state index in [4.69, 9.17) is 11.6 Å². The van der Waals surface area contributed by atoms with Crippen LogP contribution in [0.4, 0.5) is 5.69 Å². The van der Waals surface area contributed by atoms with Gasteiger partial charge in [0.05, 0.1) is 6.54 Å². The molecule has 0 bridgehead atoms. The topological polar surface area (TPSA) is 23.6 Å². The third kappa shape index (κ3) is 4.34. The zero-order valence-electron chi connectivity index (χ0n) is 12.7. The van der Waals surface area contributed by atoms with Crippen LogP contribution in [0.25, 0.3) is 0 Å². The molecule has 1 heterocycles. The molecule has 5 heteroatoms. The second-order valence-electron chi connectivity index (χ2n) is 5.67. The molecule has 0 atom stereocenters. The summed E-state index contributed by atoms with van der Waals surface area (Å²) < 4.78 is 0.991. The Balaban J connectivity index is 1.53. The largest absolute Gasteiger partial charge is 0.369 e. The number of carbonyl (C=O) groups excluding carboxylic acids is 1. The Bertz CT molecular complexity index is 664. The van der Waals surface area contributed by atoms with E-state index in [9.17, 15) is 4.79 Å². The van der Waals surface area contributed by atoms with E-state index >= 15 is 0 Å². The molecule has 1 fully saturated rings. The van der Waals surface area contributed by atoms with Gasteiger partial charge in [-0.15, -0.1) is 0 Å². The van der Waals surface area contributed by atoms with Gasteiger partial charge >= 0.3 is 0 Å². The fourth-order valence-corrected chi connectivity index (χ4v) is 3.14. The number of benzene rings is 2. The van der Waals surface area contributed by atoms with Crippen LogP contribution in [0.5, 0.6) is 0 Å². The van der Waals surface area contributed by atoms with Crippen molar-refractivity contribution in [1.82, 2.24) is 4.90 Å². The lowest BCUT2D eigenvalue weighted by atomic mass is 10.1. The minimum Gasteiger partial charge on any atom is -0.369 e. The standard InChI is InChI=1S/C18H18BrClN2O/c19-15-3-1-14(2-4-15)18(23)13-21-9-11-22(12-10-21)17-7-5-16(20)6-8-17/h1-8H,9-13H2. The maximum absolute atomic E-state index is 12.3. The minimum absolute atomic E-state index is 0.178. The summed E-state index contributed by atoms with van der Waals surface area (Å²) >= 11 is 9.32. The predicted octanol–water partition coefficient (Wildman–Crippen LogP) is 4.11. The summed E-state index contributed by atoms with van der Waals surface area (Å²) in [6, 6.07) is 15.5. The first-order valence-electron chi connectivity index (χ1n) is 7.63. The van der Waals surface area contributed by atoms with Gasteiger partial charge < -0.3 is 4.90 Å². The Kier molecular flexibility index (Phi) is 5.36. The molecule has 0 spiro atoms. The van der Waals surface area contributed by atoms with Crippen LogP contribution in [0.1, 0.15) is 10.4 Å². The number of hydrogen-bond donors (Lipinski definition) is 0. The lowest BCUT2D eigenvalue weighted by Crippen LogP contribution is -2.48. The lowest BCUT2D eigenvalue weighted by molar-refractivity contribution is 0.0926. The molecule has 2 aromatic rings. The Hall–Kier alpha value is -1.36. The average Bonchev–Trinajstić information content (AvgIpc) is 2.57. The van der Waals surface area contributed by atoms with Gasteiger partial charge in [-0.05, 0) is 36.4 Å². The van der Waals surface area contributed by atoms with Gasteiger partial charge in [0.25, 0.3) is 0 Å². The first kappa shape index (κ1) is 16.5. The molecule has 3 rings (SSSR count). The van der Waals surface area contributed by atoms with Gasteiger partial charge in [0.1, 0.15) is 0 Å². The Morgan fingerprint density at radius 3 is 2.17 bits per heavy atom. The van der Waals surface area contributed by atoms with Gasteiger partial charge in [-0.3, -0.25) is 9.69 Å². The second kappa shape index (κ2) is 7.47. The highest BCUT2D eigenvalue weighted by atomic mass is 79.9. The van der Waals surface area contributed by atoms with E-state index < -0.39 is 0 Å². The molecule has 0 aromatic heterocycles. The minimum atomic E-state index is 0.178. The Morgan fingerprint density at radius 1 is 0.957 bits per heavy atom. The highest BCUT2D eigenvalue weighted by Crippen LogP contribution is 2.19. The van der Waals surface area contributed by atoms with E-state index in [1.807, 2.05) is 48.5 Å². The van der Waals surface area contributed by atoms with E-state index in [2.05, 4.69) is 25.7 Å². The number of rotatable bonds is 4. The van der Waals surface area contributed by atoms with Crippen molar-refractivity contribution in [2.75, 3.05) is 37.6 Å². The highest BCUT2D eigenvalue weighted by Gasteiger charge is 2.19. The number of nitrogens with zero attached hydrogens (tertiary/aromatic N) is 2. The van der Waals surface area contributed by atoms with E-state index in [-0.39, 0.29) is 5.78 Å². The Labute approximate surface area is 150 Å². The summed E-state index contributed by atoms with van der Waals surface area (Å²) in [5.41, 5.74) is 1.96. The van der Waals surface area contributed by atoms with Gasteiger partial charge in [-0.2, -0.15) is 0 Å². The van der Waals surface area contributed by atoms with Gasteiger partial charge in [-0.25, -0.2) is 0 Å². The third-order valence-electron chi connectivity index (χ3n) is 4.10. The molecule has 0 radical (unpaired) electrons. The van der Waals surface area contributed by atoms with Crippen LogP contribution in [-0.4, -0.2) is 43.4 Å². The molecular weight excluding hydrogens is 376 g/mol. The van der Waals surface area contributed by atoms with Gasteiger partial charge in [0.2, 0.25) is 0 Å². The molecule has 1 saturated heterocycles. The molecule has 0 aliphatic carbocycles. The summed E-state index contributed by atoms with van der Waals surface area (Å²) in [5, 5.41) is 0.757. The SMILES string of the molecule is O=C(CN1CCN(c2ccc(Cl)cc2)CC1)c1ccc(Br)cc1. The molecule has 0 unspecified atom stereocenters. The van der Waals surface area contributed by atoms with Gasteiger partial charge in [-0.1, -0.05) is 39.7 Å². The van der Waals surface area contributed by atoms with Crippen molar-refractivity contribution in [3.63, 3.8) is 0 Å². The molecular formula is C18H18BrClN2O. The number of ketones is 1. The molecule has 1 aliphatic heterocycles. The molecule has 120 valence electrons.